The molecule has 0 aliphatic carbocycles. The average molecular weight is 504 g/mol. The molecule has 1 aromatic heterocycles. The summed E-state index contributed by atoms with van der Waals surface area (Å²) < 4.78 is 61.0. The number of carbonyl (C=O) groups is 2. The minimum Gasteiger partial charge on any atom is -0.483 e. The second-order valence-electron chi connectivity index (χ2n) is 7.85. The van der Waals surface area contributed by atoms with Gasteiger partial charge in [-0.1, -0.05) is 18.2 Å². The average Bonchev–Trinajstić information content (AvgIpc) is 3.36. The van der Waals surface area contributed by atoms with Crippen molar-refractivity contribution in [1.82, 2.24) is 19.4 Å². The van der Waals surface area contributed by atoms with Crippen LogP contribution in [0, 0.1) is 0 Å². The SMILES string of the molecule is O=C1COc2ccccc2[C@H](C(=O)N2Cc3cn(S(=O)(=O)c4ccc(OC(F)F)cc4)nc3C2)N1. The van der Waals surface area contributed by atoms with E-state index in [1.165, 1.54) is 11.1 Å². The third kappa shape index (κ3) is 4.30. The third-order valence-corrected chi connectivity index (χ3v) is 7.15. The molecule has 3 aromatic rings. The van der Waals surface area contributed by atoms with Crippen molar-refractivity contribution in [3.05, 3.63) is 71.5 Å². The van der Waals surface area contributed by atoms with E-state index in [-0.39, 0.29) is 36.2 Å². The topological polar surface area (TPSA) is 120 Å². The van der Waals surface area contributed by atoms with Crippen molar-refractivity contribution in [3.8, 4) is 11.5 Å². The second-order valence-corrected chi connectivity index (χ2v) is 9.65. The maximum atomic E-state index is 13.3. The number of nitrogens with zero attached hydrogens (tertiary/aromatic N) is 3. The van der Waals surface area contributed by atoms with Gasteiger partial charge in [0.05, 0.1) is 17.1 Å². The Balaban J connectivity index is 1.34. The molecule has 10 nitrogen and oxygen atoms in total. The Morgan fingerprint density at radius 3 is 2.60 bits per heavy atom. The molecule has 2 aliphatic heterocycles. The highest BCUT2D eigenvalue weighted by molar-refractivity contribution is 7.89. The van der Waals surface area contributed by atoms with Gasteiger partial charge in [-0.2, -0.15) is 26.4 Å². The quantitative estimate of drug-likeness (QED) is 0.563. The van der Waals surface area contributed by atoms with Crippen LogP contribution in [0.25, 0.3) is 0 Å². The molecule has 0 saturated heterocycles. The summed E-state index contributed by atoms with van der Waals surface area (Å²) in [6.45, 7) is -3.08. The number of para-hydroxylation sites is 1. The Morgan fingerprint density at radius 1 is 1.14 bits per heavy atom. The predicted molar refractivity (Wildman–Crippen MR) is 115 cm³/mol. The number of benzene rings is 2. The van der Waals surface area contributed by atoms with E-state index in [0.29, 0.717) is 22.6 Å². The van der Waals surface area contributed by atoms with E-state index in [9.17, 15) is 26.8 Å². The molecule has 0 spiro atoms. The summed E-state index contributed by atoms with van der Waals surface area (Å²) in [7, 11) is -4.09. The number of ether oxygens (including phenoxy) is 2. The lowest BCUT2D eigenvalue weighted by molar-refractivity contribution is -0.137. The number of fused-ring (bicyclic) bond motifs is 2. The number of rotatable bonds is 5. The van der Waals surface area contributed by atoms with Gasteiger partial charge >= 0.3 is 6.61 Å². The summed E-state index contributed by atoms with van der Waals surface area (Å²) in [6, 6.07) is 10.4. The van der Waals surface area contributed by atoms with Gasteiger partial charge in [0.2, 0.25) is 0 Å². The maximum absolute atomic E-state index is 13.3. The van der Waals surface area contributed by atoms with Crippen LogP contribution in [0.1, 0.15) is 22.9 Å². The number of aromatic nitrogens is 2. The molecule has 0 fully saturated rings. The van der Waals surface area contributed by atoms with Crippen LogP contribution in [0.2, 0.25) is 0 Å². The number of hydrogen-bond acceptors (Lipinski definition) is 7. The highest BCUT2D eigenvalue weighted by Crippen LogP contribution is 2.32. The first-order chi connectivity index (χ1) is 16.7. The molecule has 5 rings (SSSR count). The van der Waals surface area contributed by atoms with Gasteiger partial charge in [0.25, 0.3) is 21.8 Å². The van der Waals surface area contributed by atoms with Gasteiger partial charge in [-0.15, -0.1) is 0 Å². The van der Waals surface area contributed by atoms with Crippen molar-refractivity contribution >= 4 is 21.8 Å². The molecular formula is C22H18F2N4O6S. The van der Waals surface area contributed by atoms with E-state index in [2.05, 4.69) is 15.2 Å². The van der Waals surface area contributed by atoms with E-state index >= 15 is 0 Å². The van der Waals surface area contributed by atoms with Crippen LogP contribution in [0.15, 0.2) is 59.6 Å². The van der Waals surface area contributed by atoms with Crippen LogP contribution < -0.4 is 14.8 Å². The Hall–Kier alpha value is -4.00. The van der Waals surface area contributed by atoms with Crippen molar-refractivity contribution in [1.29, 1.82) is 0 Å². The van der Waals surface area contributed by atoms with Gasteiger partial charge in [-0.3, -0.25) is 9.59 Å². The van der Waals surface area contributed by atoms with Gasteiger partial charge in [0.15, 0.2) is 6.61 Å². The number of carbonyl (C=O) groups excluding carboxylic acids is 2. The molecule has 35 heavy (non-hydrogen) atoms. The summed E-state index contributed by atoms with van der Waals surface area (Å²) in [4.78, 5) is 26.7. The van der Waals surface area contributed by atoms with Gasteiger partial charge < -0.3 is 19.7 Å². The number of amides is 2. The normalized spacial score (nSPS) is 17.3. The number of hydrogen-bond donors (Lipinski definition) is 1. The Bertz CT molecular complexity index is 1380. The van der Waals surface area contributed by atoms with Crippen LogP contribution in [0.5, 0.6) is 11.5 Å². The van der Waals surface area contributed by atoms with Gasteiger partial charge in [-0.05, 0) is 30.3 Å². The maximum Gasteiger partial charge on any atom is 0.387 e. The standard InChI is InChI=1S/C22H18F2N4O6S/c23-22(24)34-14-5-7-15(8-6-14)35(31,32)28-10-13-9-27(11-17(13)26-28)21(30)20-16-3-1-2-4-18(16)33-12-19(29)25-20/h1-8,10,20,22H,9,11-12H2,(H,25,29)/t20-/m1/s1. The van der Waals surface area contributed by atoms with Crippen LogP contribution in [-0.2, 0) is 32.7 Å². The largest absolute Gasteiger partial charge is 0.483 e. The lowest BCUT2D eigenvalue weighted by atomic mass is 10.0. The molecule has 0 radical (unpaired) electrons. The molecule has 2 aromatic carbocycles. The number of halogens is 2. The van der Waals surface area contributed by atoms with Crippen molar-refractivity contribution < 1.29 is 36.3 Å². The molecule has 1 N–H and O–H groups in total. The van der Waals surface area contributed by atoms with Crippen molar-refractivity contribution in [2.24, 2.45) is 0 Å². The van der Waals surface area contributed by atoms with Gasteiger partial charge in [0.1, 0.15) is 17.5 Å². The molecule has 2 aliphatic rings. The number of nitrogens with one attached hydrogen (secondary N) is 1. The second kappa shape index (κ2) is 8.65. The summed E-state index contributed by atoms with van der Waals surface area (Å²) in [5.41, 5.74) is 1.45. The van der Waals surface area contributed by atoms with E-state index in [4.69, 9.17) is 4.74 Å². The van der Waals surface area contributed by atoms with E-state index < -0.39 is 28.6 Å². The van der Waals surface area contributed by atoms with Crippen LogP contribution >= 0.6 is 0 Å². The Morgan fingerprint density at radius 2 is 1.89 bits per heavy atom. The summed E-state index contributed by atoms with van der Waals surface area (Å²) in [5.74, 6) is -0.549. The highest BCUT2D eigenvalue weighted by Gasteiger charge is 2.36. The zero-order valence-electron chi connectivity index (χ0n) is 17.9. The molecule has 1 atom stereocenters. The molecule has 182 valence electrons. The molecule has 3 heterocycles. The lowest BCUT2D eigenvalue weighted by Gasteiger charge is -2.23. The number of alkyl halides is 2. The Kier molecular flexibility index (Phi) is 5.63. The first-order valence-corrected chi connectivity index (χ1v) is 11.8. The molecule has 2 amide bonds. The molecule has 0 bridgehead atoms. The predicted octanol–water partition coefficient (Wildman–Crippen LogP) is 1.81. The molecular weight excluding hydrogens is 486 g/mol. The first-order valence-electron chi connectivity index (χ1n) is 10.4. The van der Waals surface area contributed by atoms with E-state index in [1.807, 2.05) is 0 Å². The third-order valence-electron chi connectivity index (χ3n) is 5.60. The van der Waals surface area contributed by atoms with Crippen molar-refractivity contribution in [2.75, 3.05) is 6.61 Å². The minimum absolute atomic E-state index is 0.0489. The molecule has 13 heteroatoms. The Labute approximate surface area is 198 Å². The fourth-order valence-corrected chi connectivity index (χ4v) is 5.13. The van der Waals surface area contributed by atoms with Crippen molar-refractivity contribution in [3.63, 3.8) is 0 Å². The smallest absolute Gasteiger partial charge is 0.387 e. The van der Waals surface area contributed by atoms with Crippen LogP contribution in [-0.4, -0.2) is 47.5 Å². The summed E-state index contributed by atoms with van der Waals surface area (Å²) in [5, 5.41) is 6.81. The first kappa shape index (κ1) is 22.8. The molecule has 0 saturated carbocycles. The fraction of sp³-hybridized carbons (Fsp3) is 0.227. The van der Waals surface area contributed by atoms with Crippen LogP contribution in [0.4, 0.5) is 8.78 Å². The lowest BCUT2D eigenvalue weighted by Crippen LogP contribution is -2.41. The van der Waals surface area contributed by atoms with Crippen LogP contribution in [0.3, 0.4) is 0 Å². The van der Waals surface area contributed by atoms with Crippen molar-refractivity contribution in [2.45, 2.75) is 30.6 Å². The zero-order valence-corrected chi connectivity index (χ0v) is 18.7. The zero-order chi connectivity index (χ0) is 24.7. The highest BCUT2D eigenvalue weighted by atomic mass is 32.2. The minimum atomic E-state index is -4.09. The van der Waals surface area contributed by atoms with Gasteiger partial charge in [-0.25, -0.2) is 0 Å². The summed E-state index contributed by atoms with van der Waals surface area (Å²) >= 11 is 0. The molecule has 0 unspecified atom stereocenters. The van der Waals surface area contributed by atoms with E-state index in [1.54, 1.807) is 24.3 Å². The van der Waals surface area contributed by atoms with E-state index in [0.717, 1.165) is 28.4 Å². The fourth-order valence-electron chi connectivity index (χ4n) is 3.96. The van der Waals surface area contributed by atoms with Gasteiger partial charge in [0, 0.05) is 23.9 Å². The summed E-state index contributed by atoms with van der Waals surface area (Å²) in [6.07, 6.45) is 1.31. The monoisotopic (exact) mass is 504 g/mol.